The molecule has 10 nitrogen and oxygen atoms in total. The summed E-state index contributed by atoms with van der Waals surface area (Å²) in [6, 6.07) is 24.6. The van der Waals surface area contributed by atoms with Crippen LogP contribution in [0.4, 0.5) is 5.69 Å². The van der Waals surface area contributed by atoms with Crippen LogP contribution in [0.5, 0.6) is 0 Å². The summed E-state index contributed by atoms with van der Waals surface area (Å²) < 4.78 is 0. The van der Waals surface area contributed by atoms with Gasteiger partial charge in [0, 0.05) is 17.7 Å². The van der Waals surface area contributed by atoms with Crippen LogP contribution < -0.4 is 22.5 Å². The number of rotatable bonds is 11. The highest BCUT2D eigenvalue weighted by atomic mass is 16.4. The first-order valence-electron chi connectivity index (χ1n) is 13.2. The summed E-state index contributed by atoms with van der Waals surface area (Å²) in [5, 5.41) is 19.4. The summed E-state index contributed by atoms with van der Waals surface area (Å²) in [7, 11) is 0. The molecule has 0 saturated heterocycles. The predicted molar refractivity (Wildman–Crippen MR) is 162 cm³/mol. The molecule has 0 unspecified atom stereocenters. The largest absolute Gasteiger partial charge is 0.480 e. The maximum atomic E-state index is 11.2. The molecule has 3 rings (SSSR count). The lowest BCUT2D eigenvalue weighted by Gasteiger charge is -2.03. The molecule has 0 radical (unpaired) electrons. The maximum absolute atomic E-state index is 11.2. The number of hydrogen-bond acceptors (Lipinski definition) is 7. The number of aromatic carboxylic acids is 1. The number of benzene rings is 3. The SMILES string of the molecule is CCCC(=O)Nc1ccc(C=O)cc1.NCCC[C@H](N)C(=O)O.NCCc1ccccc1.O=C(O)c1ccccc1. The Labute approximate surface area is 241 Å². The van der Waals surface area contributed by atoms with Gasteiger partial charge in [0.25, 0.3) is 0 Å². The minimum Gasteiger partial charge on any atom is -0.480 e. The van der Waals surface area contributed by atoms with Gasteiger partial charge in [0.05, 0.1) is 5.56 Å². The van der Waals surface area contributed by atoms with Crippen molar-refractivity contribution in [1.82, 2.24) is 0 Å². The van der Waals surface area contributed by atoms with Crippen molar-refractivity contribution < 1.29 is 29.4 Å². The topological polar surface area (TPSA) is 199 Å². The zero-order valence-corrected chi connectivity index (χ0v) is 23.4. The third-order valence-electron chi connectivity index (χ3n) is 5.14. The smallest absolute Gasteiger partial charge is 0.335 e. The zero-order valence-electron chi connectivity index (χ0n) is 23.4. The van der Waals surface area contributed by atoms with Crippen LogP contribution in [0.25, 0.3) is 0 Å². The van der Waals surface area contributed by atoms with E-state index in [0.29, 0.717) is 36.9 Å². The lowest BCUT2D eigenvalue weighted by atomic mass is 10.2. The molecular formula is C31H42N4O6. The molecule has 0 aliphatic heterocycles. The molecule has 0 spiro atoms. The summed E-state index contributed by atoms with van der Waals surface area (Å²) >= 11 is 0. The van der Waals surface area contributed by atoms with E-state index < -0.39 is 18.0 Å². The van der Waals surface area contributed by atoms with Gasteiger partial charge in [0.1, 0.15) is 12.3 Å². The molecule has 3 aromatic rings. The highest BCUT2D eigenvalue weighted by Crippen LogP contribution is 2.08. The van der Waals surface area contributed by atoms with Gasteiger partial charge in [-0.1, -0.05) is 55.5 Å². The lowest BCUT2D eigenvalue weighted by Crippen LogP contribution is -2.30. The Hall–Kier alpha value is -4.38. The third-order valence-corrected chi connectivity index (χ3v) is 5.14. The van der Waals surface area contributed by atoms with Gasteiger partial charge in [-0.15, -0.1) is 0 Å². The second-order valence-corrected chi connectivity index (χ2v) is 8.61. The van der Waals surface area contributed by atoms with Crippen LogP contribution in [-0.4, -0.2) is 53.5 Å². The standard InChI is InChI=1S/C11H13NO2.C8H11N.C7H6O2.C5H12N2O2/c1-2-3-11(14)12-10-6-4-9(8-13)5-7-10;9-7-6-8-4-2-1-3-5-8;8-7(9)6-4-2-1-3-5-6;6-3-1-2-4(7)5(8)9/h4-8H,2-3H2,1H3,(H,12,14);1-5H,6-7,9H2;1-5H,(H,8,9);4H,1-3,6-7H2,(H,8,9)/t;;;4-/m...0/s1. The summed E-state index contributed by atoms with van der Waals surface area (Å²) in [5.41, 5.74) is 18.6. The molecule has 0 aliphatic carbocycles. The summed E-state index contributed by atoms with van der Waals surface area (Å²) in [4.78, 5) is 41.8. The lowest BCUT2D eigenvalue weighted by molar-refractivity contribution is -0.138. The van der Waals surface area contributed by atoms with E-state index in [9.17, 15) is 19.2 Å². The van der Waals surface area contributed by atoms with E-state index in [4.69, 9.17) is 27.4 Å². The number of carboxylic acid groups (broad SMARTS) is 2. The van der Waals surface area contributed by atoms with E-state index in [-0.39, 0.29) is 5.91 Å². The monoisotopic (exact) mass is 566 g/mol. The molecule has 1 atom stereocenters. The van der Waals surface area contributed by atoms with Crippen molar-refractivity contribution in [1.29, 1.82) is 0 Å². The molecule has 3 aromatic carbocycles. The van der Waals surface area contributed by atoms with E-state index in [1.807, 2.05) is 25.1 Å². The Balaban J connectivity index is 0.000000532. The average molecular weight is 567 g/mol. The Morgan fingerprint density at radius 3 is 1.83 bits per heavy atom. The van der Waals surface area contributed by atoms with Crippen molar-refractivity contribution >= 4 is 29.8 Å². The molecule has 0 bridgehead atoms. The fourth-order valence-corrected chi connectivity index (χ4v) is 2.95. The first kappa shape index (κ1) is 36.6. The highest BCUT2D eigenvalue weighted by molar-refractivity contribution is 5.91. The Kier molecular flexibility index (Phi) is 21.0. The molecule has 41 heavy (non-hydrogen) atoms. The van der Waals surface area contributed by atoms with E-state index in [1.165, 1.54) is 5.56 Å². The Morgan fingerprint density at radius 1 is 0.854 bits per heavy atom. The summed E-state index contributed by atoms with van der Waals surface area (Å²) in [6.45, 7) is 3.19. The fourth-order valence-electron chi connectivity index (χ4n) is 2.95. The van der Waals surface area contributed by atoms with Crippen molar-refractivity contribution in [3.63, 3.8) is 0 Å². The molecule has 1 amide bonds. The average Bonchev–Trinajstić information content (AvgIpc) is 2.98. The molecule has 0 aromatic heterocycles. The van der Waals surface area contributed by atoms with Gasteiger partial charge < -0.3 is 32.7 Å². The maximum Gasteiger partial charge on any atom is 0.335 e. The fraction of sp³-hybridized carbons (Fsp3) is 0.290. The number of nitrogens with one attached hydrogen (secondary N) is 1. The number of carbonyl (C=O) groups is 4. The van der Waals surface area contributed by atoms with Crippen LogP contribution in [0.3, 0.4) is 0 Å². The number of anilines is 1. The van der Waals surface area contributed by atoms with Gasteiger partial charge in [-0.2, -0.15) is 0 Å². The number of nitrogens with two attached hydrogens (primary N) is 3. The normalized spacial score (nSPS) is 10.1. The minimum atomic E-state index is -0.955. The zero-order chi connectivity index (χ0) is 30.9. The number of hydrogen-bond donors (Lipinski definition) is 6. The number of carboxylic acids is 2. The van der Waals surface area contributed by atoms with E-state index in [0.717, 1.165) is 31.4 Å². The summed E-state index contributed by atoms with van der Waals surface area (Å²) in [5.74, 6) is -1.83. The second kappa shape index (κ2) is 23.5. The van der Waals surface area contributed by atoms with Crippen LogP contribution in [0.2, 0.25) is 0 Å². The van der Waals surface area contributed by atoms with Crippen LogP contribution in [0.1, 0.15) is 58.9 Å². The molecule has 0 aliphatic rings. The molecule has 0 heterocycles. The van der Waals surface area contributed by atoms with Gasteiger partial charge in [-0.25, -0.2) is 4.79 Å². The Morgan fingerprint density at radius 2 is 1.41 bits per heavy atom. The minimum absolute atomic E-state index is 0.00588. The van der Waals surface area contributed by atoms with Crippen molar-refractivity contribution in [2.24, 2.45) is 17.2 Å². The molecule has 222 valence electrons. The highest BCUT2D eigenvalue weighted by Gasteiger charge is 2.08. The van der Waals surface area contributed by atoms with Crippen LogP contribution >= 0.6 is 0 Å². The van der Waals surface area contributed by atoms with E-state index in [2.05, 4.69) is 17.4 Å². The van der Waals surface area contributed by atoms with Gasteiger partial charge in [-0.3, -0.25) is 14.4 Å². The number of carbonyl (C=O) groups excluding carboxylic acids is 2. The first-order valence-corrected chi connectivity index (χ1v) is 13.2. The van der Waals surface area contributed by atoms with Gasteiger partial charge in [-0.05, 0) is 80.7 Å². The van der Waals surface area contributed by atoms with Gasteiger partial charge in [0.15, 0.2) is 0 Å². The van der Waals surface area contributed by atoms with Crippen molar-refractivity contribution in [3.8, 4) is 0 Å². The quantitative estimate of drug-likeness (QED) is 0.186. The van der Waals surface area contributed by atoms with E-state index >= 15 is 0 Å². The number of amides is 1. The Bertz CT molecular complexity index is 1130. The van der Waals surface area contributed by atoms with Crippen molar-refractivity contribution in [3.05, 3.63) is 102 Å². The van der Waals surface area contributed by atoms with Gasteiger partial charge >= 0.3 is 11.9 Å². The van der Waals surface area contributed by atoms with Gasteiger partial charge in [0.2, 0.25) is 5.91 Å². The molecule has 0 saturated carbocycles. The van der Waals surface area contributed by atoms with Crippen LogP contribution in [-0.2, 0) is 16.0 Å². The third kappa shape index (κ3) is 19.3. The van der Waals surface area contributed by atoms with Crippen molar-refractivity contribution in [2.45, 2.75) is 45.1 Å². The van der Waals surface area contributed by atoms with Crippen LogP contribution in [0.15, 0.2) is 84.9 Å². The summed E-state index contributed by atoms with van der Waals surface area (Å²) in [6.07, 6.45) is 4.26. The molecular weight excluding hydrogens is 524 g/mol. The van der Waals surface area contributed by atoms with E-state index in [1.54, 1.807) is 54.6 Å². The second-order valence-electron chi connectivity index (χ2n) is 8.61. The molecule has 10 heteroatoms. The molecule has 9 N–H and O–H groups in total. The van der Waals surface area contributed by atoms with Crippen molar-refractivity contribution in [2.75, 3.05) is 18.4 Å². The first-order chi connectivity index (χ1) is 19.7. The van der Waals surface area contributed by atoms with Crippen LogP contribution in [0, 0.1) is 0 Å². The number of aliphatic carboxylic acids is 1. The predicted octanol–water partition coefficient (Wildman–Crippen LogP) is 3.95. The molecule has 0 fully saturated rings. The number of aldehydes is 1.